The summed E-state index contributed by atoms with van der Waals surface area (Å²) in [5, 5.41) is 2.34. The molecule has 1 fully saturated rings. The van der Waals surface area contributed by atoms with Gasteiger partial charge in [0, 0.05) is 42.8 Å². The number of piperazine rings is 1. The number of rotatable bonds is 7. The van der Waals surface area contributed by atoms with Crippen LogP contribution < -0.4 is 14.4 Å². The Labute approximate surface area is 196 Å². The molecule has 0 radical (unpaired) electrons. The predicted molar refractivity (Wildman–Crippen MR) is 126 cm³/mol. The van der Waals surface area contributed by atoms with Gasteiger partial charge in [-0.05, 0) is 48.5 Å². The zero-order valence-electron chi connectivity index (χ0n) is 18.5. The standard InChI is InChI=1S/C24H25N3O5S/c1-30-19-7-3-17(4-8-19)23-25-21(16-33-23)24(29)32-15-22(28)27-13-11-26(12-14-27)18-5-9-20(31-2)10-6-18/h3-10,16H,11-15H2,1-2H3. The summed E-state index contributed by atoms with van der Waals surface area (Å²) in [6.07, 6.45) is 0. The van der Waals surface area contributed by atoms with Crippen molar-refractivity contribution in [3.63, 3.8) is 0 Å². The van der Waals surface area contributed by atoms with E-state index in [-0.39, 0.29) is 18.2 Å². The van der Waals surface area contributed by atoms with Crippen molar-refractivity contribution in [2.24, 2.45) is 0 Å². The number of carbonyl (C=O) groups is 2. The number of hydrogen-bond donors (Lipinski definition) is 0. The molecule has 1 amide bonds. The third-order valence-corrected chi connectivity index (χ3v) is 6.34. The molecule has 0 spiro atoms. The van der Waals surface area contributed by atoms with Crippen LogP contribution in [-0.4, -0.2) is 68.8 Å². The zero-order chi connectivity index (χ0) is 23.2. The van der Waals surface area contributed by atoms with E-state index in [9.17, 15) is 9.59 Å². The van der Waals surface area contributed by atoms with E-state index in [1.54, 1.807) is 24.5 Å². The summed E-state index contributed by atoms with van der Waals surface area (Å²) in [4.78, 5) is 33.2. The first-order valence-corrected chi connectivity index (χ1v) is 11.4. The molecule has 8 nitrogen and oxygen atoms in total. The Kier molecular flexibility index (Phi) is 7.09. The first kappa shape index (κ1) is 22.6. The fraction of sp³-hybridized carbons (Fsp3) is 0.292. The largest absolute Gasteiger partial charge is 0.497 e. The van der Waals surface area contributed by atoms with E-state index in [2.05, 4.69) is 9.88 Å². The number of esters is 1. The lowest BCUT2D eigenvalue weighted by atomic mass is 10.2. The molecule has 172 valence electrons. The Bertz CT molecular complexity index is 1090. The van der Waals surface area contributed by atoms with Gasteiger partial charge in [0.2, 0.25) is 0 Å². The van der Waals surface area contributed by atoms with Crippen molar-refractivity contribution in [3.05, 3.63) is 59.6 Å². The molecule has 0 N–H and O–H groups in total. The average molecular weight is 468 g/mol. The second-order valence-electron chi connectivity index (χ2n) is 7.41. The predicted octanol–water partition coefficient (Wildman–Crippen LogP) is 3.33. The molecule has 1 aliphatic heterocycles. The number of benzene rings is 2. The normalized spacial score (nSPS) is 13.5. The lowest BCUT2D eigenvalue weighted by Gasteiger charge is -2.36. The third-order valence-electron chi connectivity index (χ3n) is 5.45. The highest BCUT2D eigenvalue weighted by atomic mass is 32.1. The number of nitrogens with zero attached hydrogens (tertiary/aromatic N) is 3. The van der Waals surface area contributed by atoms with Gasteiger partial charge >= 0.3 is 5.97 Å². The van der Waals surface area contributed by atoms with Gasteiger partial charge in [-0.25, -0.2) is 9.78 Å². The molecule has 0 aliphatic carbocycles. The van der Waals surface area contributed by atoms with Crippen molar-refractivity contribution in [2.45, 2.75) is 0 Å². The van der Waals surface area contributed by atoms with Crippen LogP contribution in [0.2, 0.25) is 0 Å². The van der Waals surface area contributed by atoms with E-state index in [1.807, 2.05) is 48.5 Å². The molecule has 0 saturated carbocycles. The van der Waals surface area contributed by atoms with Gasteiger partial charge in [-0.1, -0.05) is 0 Å². The maximum absolute atomic E-state index is 12.5. The molecular weight excluding hydrogens is 442 g/mol. The Balaban J connectivity index is 1.26. The SMILES string of the molecule is COc1ccc(-c2nc(C(=O)OCC(=O)N3CCN(c4ccc(OC)cc4)CC3)cs2)cc1. The zero-order valence-corrected chi connectivity index (χ0v) is 19.3. The summed E-state index contributed by atoms with van der Waals surface area (Å²) < 4.78 is 15.6. The van der Waals surface area contributed by atoms with Gasteiger partial charge in [0.25, 0.3) is 5.91 Å². The highest BCUT2D eigenvalue weighted by Gasteiger charge is 2.23. The quantitative estimate of drug-likeness (QED) is 0.493. The molecule has 4 rings (SSSR count). The summed E-state index contributed by atoms with van der Waals surface area (Å²) in [7, 11) is 3.25. The van der Waals surface area contributed by atoms with Crippen molar-refractivity contribution >= 4 is 28.9 Å². The van der Waals surface area contributed by atoms with Crippen LogP contribution in [0.3, 0.4) is 0 Å². The van der Waals surface area contributed by atoms with Crippen molar-refractivity contribution in [1.29, 1.82) is 0 Å². The van der Waals surface area contributed by atoms with Crippen LogP contribution in [0.15, 0.2) is 53.9 Å². The fourth-order valence-electron chi connectivity index (χ4n) is 3.53. The number of ether oxygens (including phenoxy) is 3. The topological polar surface area (TPSA) is 81.2 Å². The van der Waals surface area contributed by atoms with Crippen molar-refractivity contribution in [3.8, 4) is 22.1 Å². The lowest BCUT2D eigenvalue weighted by molar-refractivity contribution is -0.134. The molecule has 33 heavy (non-hydrogen) atoms. The van der Waals surface area contributed by atoms with Crippen LogP contribution in [0.5, 0.6) is 11.5 Å². The van der Waals surface area contributed by atoms with Gasteiger partial charge in [-0.15, -0.1) is 11.3 Å². The molecule has 1 aliphatic rings. The van der Waals surface area contributed by atoms with Crippen molar-refractivity contribution in [2.75, 3.05) is 51.9 Å². The van der Waals surface area contributed by atoms with Crippen LogP contribution in [0.1, 0.15) is 10.5 Å². The Morgan fingerprint density at radius 1 is 0.909 bits per heavy atom. The Hall–Kier alpha value is -3.59. The minimum absolute atomic E-state index is 0.197. The van der Waals surface area contributed by atoms with E-state index < -0.39 is 5.97 Å². The molecule has 9 heteroatoms. The first-order valence-electron chi connectivity index (χ1n) is 10.5. The first-order chi connectivity index (χ1) is 16.1. The third kappa shape index (κ3) is 5.43. The fourth-order valence-corrected chi connectivity index (χ4v) is 4.33. The smallest absolute Gasteiger partial charge is 0.358 e. The second-order valence-corrected chi connectivity index (χ2v) is 8.27. The van der Waals surface area contributed by atoms with Gasteiger partial charge in [0.1, 0.15) is 16.5 Å². The minimum atomic E-state index is -0.601. The van der Waals surface area contributed by atoms with Gasteiger partial charge in [-0.2, -0.15) is 0 Å². The Morgan fingerprint density at radius 3 is 2.12 bits per heavy atom. The molecule has 0 unspecified atom stereocenters. The summed E-state index contributed by atoms with van der Waals surface area (Å²) in [5.74, 6) is 0.753. The minimum Gasteiger partial charge on any atom is -0.497 e. The van der Waals surface area contributed by atoms with Crippen molar-refractivity contribution < 1.29 is 23.8 Å². The van der Waals surface area contributed by atoms with Crippen LogP contribution in [-0.2, 0) is 9.53 Å². The highest BCUT2D eigenvalue weighted by Crippen LogP contribution is 2.26. The molecule has 2 aromatic carbocycles. The van der Waals surface area contributed by atoms with Crippen molar-refractivity contribution in [1.82, 2.24) is 9.88 Å². The monoisotopic (exact) mass is 467 g/mol. The van der Waals surface area contributed by atoms with Gasteiger partial charge in [0.05, 0.1) is 14.2 Å². The summed E-state index contributed by atoms with van der Waals surface area (Å²) >= 11 is 1.35. The van der Waals surface area contributed by atoms with Crippen LogP contribution in [0, 0.1) is 0 Å². The van der Waals surface area contributed by atoms with E-state index in [1.165, 1.54) is 11.3 Å². The summed E-state index contributed by atoms with van der Waals surface area (Å²) in [6, 6.07) is 15.3. The number of amides is 1. The van der Waals surface area contributed by atoms with Gasteiger partial charge < -0.3 is 24.0 Å². The molecular formula is C24H25N3O5S. The van der Waals surface area contributed by atoms with Crippen LogP contribution in [0.4, 0.5) is 5.69 Å². The highest BCUT2D eigenvalue weighted by molar-refractivity contribution is 7.13. The number of hydrogen-bond acceptors (Lipinski definition) is 8. The van der Waals surface area contributed by atoms with Gasteiger partial charge in [0.15, 0.2) is 12.3 Å². The number of thiazole rings is 1. The number of anilines is 1. The van der Waals surface area contributed by atoms with E-state index in [0.717, 1.165) is 22.7 Å². The van der Waals surface area contributed by atoms with Gasteiger partial charge in [-0.3, -0.25) is 4.79 Å². The van der Waals surface area contributed by atoms with E-state index in [4.69, 9.17) is 14.2 Å². The number of methoxy groups -OCH3 is 2. The maximum Gasteiger partial charge on any atom is 0.358 e. The van der Waals surface area contributed by atoms with Crippen LogP contribution >= 0.6 is 11.3 Å². The molecule has 0 bridgehead atoms. The van der Waals surface area contributed by atoms with Crippen LogP contribution in [0.25, 0.3) is 10.6 Å². The Morgan fingerprint density at radius 2 is 1.52 bits per heavy atom. The average Bonchev–Trinajstić information content (AvgIpc) is 3.38. The second kappa shape index (κ2) is 10.4. The molecule has 3 aromatic rings. The summed E-state index contributed by atoms with van der Waals surface area (Å²) in [5.41, 5.74) is 2.17. The molecule has 2 heterocycles. The molecule has 0 atom stereocenters. The molecule has 1 aromatic heterocycles. The van der Waals surface area contributed by atoms with E-state index >= 15 is 0 Å². The van der Waals surface area contributed by atoms with E-state index in [0.29, 0.717) is 31.2 Å². The number of aromatic nitrogens is 1. The maximum atomic E-state index is 12.5. The number of carbonyl (C=O) groups excluding carboxylic acids is 2. The molecule has 1 saturated heterocycles. The summed E-state index contributed by atoms with van der Waals surface area (Å²) in [6.45, 7) is 2.27. The lowest BCUT2D eigenvalue weighted by Crippen LogP contribution is -2.49.